The lowest BCUT2D eigenvalue weighted by Gasteiger charge is -2.33. The van der Waals surface area contributed by atoms with Crippen molar-refractivity contribution in [2.45, 2.75) is 56.9 Å². The van der Waals surface area contributed by atoms with Gasteiger partial charge in [-0.2, -0.15) is 0 Å². The van der Waals surface area contributed by atoms with Crippen molar-refractivity contribution >= 4 is 5.97 Å². The highest BCUT2D eigenvalue weighted by Gasteiger charge is 2.50. The van der Waals surface area contributed by atoms with Gasteiger partial charge in [-0.1, -0.05) is 18.2 Å². The van der Waals surface area contributed by atoms with Gasteiger partial charge in [-0.05, 0) is 26.0 Å². The molecular formula is C16H20O5. The van der Waals surface area contributed by atoms with Crippen LogP contribution in [0.5, 0.6) is 0 Å². The maximum absolute atomic E-state index is 12.2. The highest BCUT2D eigenvalue weighted by atomic mass is 16.8. The number of benzene rings is 1. The molecule has 0 radical (unpaired) electrons. The Morgan fingerprint density at radius 2 is 1.95 bits per heavy atom. The molecule has 2 fully saturated rings. The number of ether oxygens (including phenoxy) is 3. The Bertz CT molecular complexity index is 513. The second-order valence-electron chi connectivity index (χ2n) is 6.07. The van der Waals surface area contributed by atoms with Crippen LogP contribution in [0.3, 0.4) is 0 Å². The van der Waals surface area contributed by atoms with Crippen molar-refractivity contribution in [1.82, 2.24) is 0 Å². The van der Waals surface area contributed by atoms with Crippen LogP contribution >= 0.6 is 0 Å². The van der Waals surface area contributed by atoms with E-state index < -0.39 is 24.0 Å². The first kappa shape index (κ1) is 14.5. The number of carbonyl (C=O) groups excluding carboxylic acids is 1. The molecule has 1 saturated heterocycles. The molecule has 0 unspecified atom stereocenters. The van der Waals surface area contributed by atoms with Gasteiger partial charge in [-0.25, -0.2) is 4.79 Å². The van der Waals surface area contributed by atoms with Crippen molar-refractivity contribution < 1.29 is 24.1 Å². The number of aliphatic hydroxyl groups excluding tert-OH is 1. The van der Waals surface area contributed by atoms with Crippen molar-refractivity contribution in [3.63, 3.8) is 0 Å². The van der Waals surface area contributed by atoms with Crippen LogP contribution in [0.4, 0.5) is 0 Å². The van der Waals surface area contributed by atoms with E-state index in [0.29, 0.717) is 18.4 Å². The zero-order valence-electron chi connectivity index (χ0n) is 12.2. The fourth-order valence-electron chi connectivity index (χ4n) is 3.02. The fraction of sp³-hybridized carbons (Fsp3) is 0.562. The molecule has 1 N–H and O–H groups in total. The predicted molar refractivity (Wildman–Crippen MR) is 74.7 cm³/mol. The number of rotatable bonds is 2. The molecule has 0 amide bonds. The average molecular weight is 292 g/mol. The summed E-state index contributed by atoms with van der Waals surface area (Å²) in [6.07, 6.45) is -0.717. The van der Waals surface area contributed by atoms with Crippen LogP contribution in [0.25, 0.3) is 0 Å². The van der Waals surface area contributed by atoms with Crippen LogP contribution in [0.15, 0.2) is 30.3 Å². The Balaban J connectivity index is 1.73. The molecule has 0 spiro atoms. The number of aliphatic hydroxyl groups is 1. The van der Waals surface area contributed by atoms with E-state index >= 15 is 0 Å². The van der Waals surface area contributed by atoms with E-state index in [1.54, 1.807) is 24.3 Å². The van der Waals surface area contributed by atoms with Gasteiger partial charge in [0.25, 0.3) is 0 Å². The van der Waals surface area contributed by atoms with Gasteiger partial charge < -0.3 is 19.3 Å². The lowest BCUT2D eigenvalue weighted by Crippen LogP contribution is -2.46. The van der Waals surface area contributed by atoms with Gasteiger partial charge in [0.1, 0.15) is 12.2 Å². The Hall–Kier alpha value is -1.43. The van der Waals surface area contributed by atoms with Gasteiger partial charge in [-0.15, -0.1) is 0 Å². The highest BCUT2D eigenvalue weighted by molar-refractivity contribution is 5.89. The van der Waals surface area contributed by atoms with E-state index in [9.17, 15) is 9.90 Å². The standard InChI is InChI=1S/C16H20O5/c1-16(2)20-13-9-11(17)8-12(14(13)21-16)19-15(18)10-6-4-3-5-7-10/h3-7,11-14,17H,8-9H2,1-2H3/t11-,12-,13-,14+/m1/s1. The molecule has 1 aromatic rings. The Morgan fingerprint density at radius 1 is 1.24 bits per heavy atom. The van der Waals surface area contributed by atoms with Gasteiger partial charge >= 0.3 is 5.97 Å². The predicted octanol–water partition coefficient (Wildman–Crippen LogP) is 1.89. The molecular weight excluding hydrogens is 272 g/mol. The summed E-state index contributed by atoms with van der Waals surface area (Å²) in [5.74, 6) is -1.11. The van der Waals surface area contributed by atoms with Crippen LogP contribution in [0, 0.1) is 0 Å². The van der Waals surface area contributed by atoms with E-state index in [1.807, 2.05) is 19.9 Å². The topological polar surface area (TPSA) is 65.0 Å². The van der Waals surface area contributed by atoms with E-state index in [-0.39, 0.29) is 12.2 Å². The third-order valence-corrected chi connectivity index (χ3v) is 3.86. The quantitative estimate of drug-likeness (QED) is 0.843. The summed E-state index contributed by atoms with van der Waals surface area (Å²) in [6.45, 7) is 3.65. The molecule has 4 atom stereocenters. The first-order chi connectivity index (χ1) is 9.94. The van der Waals surface area contributed by atoms with Crippen LogP contribution in [0.2, 0.25) is 0 Å². The summed E-state index contributed by atoms with van der Waals surface area (Å²) < 4.78 is 17.2. The zero-order chi connectivity index (χ0) is 15.0. The number of hydrogen-bond acceptors (Lipinski definition) is 5. The van der Waals surface area contributed by atoms with E-state index in [0.717, 1.165) is 0 Å². The summed E-state index contributed by atoms with van der Waals surface area (Å²) in [4.78, 5) is 12.2. The van der Waals surface area contributed by atoms with Crippen molar-refractivity contribution in [3.8, 4) is 0 Å². The van der Waals surface area contributed by atoms with Crippen molar-refractivity contribution in [1.29, 1.82) is 0 Å². The lowest BCUT2D eigenvalue weighted by atomic mass is 9.90. The molecule has 0 bridgehead atoms. The largest absolute Gasteiger partial charge is 0.456 e. The average Bonchev–Trinajstić information content (AvgIpc) is 2.74. The van der Waals surface area contributed by atoms with Gasteiger partial charge in [0.2, 0.25) is 0 Å². The third kappa shape index (κ3) is 3.10. The van der Waals surface area contributed by atoms with Crippen LogP contribution in [-0.2, 0) is 14.2 Å². The van der Waals surface area contributed by atoms with Crippen molar-refractivity contribution in [3.05, 3.63) is 35.9 Å². The second kappa shape index (κ2) is 5.40. The highest BCUT2D eigenvalue weighted by Crippen LogP contribution is 2.38. The van der Waals surface area contributed by atoms with E-state index in [1.165, 1.54) is 0 Å². The summed E-state index contributed by atoms with van der Waals surface area (Å²) in [5, 5.41) is 9.95. The molecule has 3 rings (SSSR count). The van der Waals surface area contributed by atoms with Crippen LogP contribution in [0.1, 0.15) is 37.0 Å². The molecule has 114 valence electrons. The maximum Gasteiger partial charge on any atom is 0.338 e. The Labute approximate surface area is 123 Å². The molecule has 1 saturated carbocycles. The second-order valence-corrected chi connectivity index (χ2v) is 6.07. The van der Waals surface area contributed by atoms with Crippen molar-refractivity contribution in [2.75, 3.05) is 0 Å². The zero-order valence-corrected chi connectivity index (χ0v) is 12.2. The molecule has 21 heavy (non-hydrogen) atoms. The smallest absolute Gasteiger partial charge is 0.338 e. The third-order valence-electron chi connectivity index (χ3n) is 3.86. The monoisotopic (exact) mass is 292 g/mol. The SMILES string of the molecule is CC1(C)O[C@H]2[C@H](OC(=O)c3ccccc3)C[C@@H](O)C[C@H]2O1. The van der Waals surface area contributed by atoms with E-state index in [4.69, 9.17) is 14.2 Å². The molecule has 2 aliphatic rings. The molecule has 1 heterocycles. The minimum Gasteiger partial charge on any atom is -0.456 e. The molecule has 1 aromatic carbocycles. The number of esters is 1. The summed E-state index contributed by atoms with van der Waals surface area (Å²) in [6, 6.07) is 8.82. The number of fused-ring (bicyclic) bond motifs is 1. The summed E-state index contributed by atoms with van der Waals surface area (Å²) >= 11 is 0. The maximum atomic E-state index is 12.2. The first-order valence-electron chi connectivity index (χ1n) is 7.24. The molecule has 5 nitrogen and oxygen atoms in total. The molecule has 5 heteroatoms. The van der Waals surface area contributed by atoms with Gasteiger partial charge in [0.05, 0.1) is 17.8 Å². The van der Waals surface area contributed by atoms with Gasteiger partial charge in [0, 0.05) is 12.8 Å². The molecule has 1 aliphatic carbocycles. The summed E-state index contributed by atoms with van der Waals surface area (Å²) in [5.41, 5.74) is 0.493. The van der Waals surface area contributed by atoms with Gasteiger partial charge in [-0.3, -0.25) is 0 Å². The van der Waals surface area contributed by atoms with E-state index in [2.05, 4.69) is 0 Å². The lowest BCUT2D eigenvalue weighted by molar-refractivity contribution is -0.154. The Morgan fingerprint density at radius 3 is 2.67 bits per heavy atom. The van der Waals surface area contributed by atoms with Gasteiger partial charge in [0.15, 0.2) is 5.79 Å². The number of hydrogen-bond donors (Lipinski definition) is 1. The van der Waals surface area contributed by atoms with Crippen LogP contribution in [-0.4, -0.2) is 41.3 Å². The minimum atomic E-state index is -0.712. The first-order valence-corrected chi connectivity index (χ1v) is 7.24. The summed E-state index contributed by atoms with van der Waals surface area (Å²) in [7, 11) is 0. The van der Waals surface area contributed by atoms with Crippen LogP contribution < -0.4 is 0 Å². The molecule has 1 aliphatic heterocycles. The minimum absolute atomic E-state index is 0.239. The Kier molecular flexibility index (Phi) is 3.73. The van der Waals surface area contributed by atoms with Crippen molar-refractivity contribution in [2.24, 2.45) is 0 Å². The fourth-order valence-corrected chi connectivity index (χ4v) is 3.02. The molecule has 0 aromatic heterocycles. The number of carbonyl (C=O) groups is 1. The normalized spacial score (nSPS) is 34.2.